The topological polar surface area (TPSA) is 64.7 Å². The summed E-state index contributed by atoms with van der Waals surface area (Å²) < 4.78 is 3.42. The number of rotatable bonds is 4. The van der Waals surface area contributed by atoms with Gasteiger partial charge in [0.05, 0.1) is 16.4 Å². The van der Waals surface area contributed by atoms with Crippen molar-refractivity contribution in [2.75, 3.05) is 5.32 Å². The Morgan fingerprint density at radius 2 is 1.92 bits per heavy atom. The van der Waals surface area contributed by atoms with Crippen LogP contribution in [0.1, 0.15) is 33.0 Å². The molecule has 0 radical (unpaired) electrons. The average Bonchev–Trinajstić information content (AvgIpc) is 3.12. The number of carbonyl (C=O) groups excluding carboxylic acids is 1. The third-order valence-electron chi connectivity index (χ3n) is 4.08. The van der Waals surface area contributed by atoms with Gasteiger partial charge in [0, 0.05) is 11.9 Å². The van der Waals surface area contributed by atoms with Crippen LogP contribution in [0.3, 0.4) is 0 Å². The molecular weight excluding hydrogens is 338 g/mol. The van der Waals surface area contributed by atoms with Crippen LogP contribution < -0.4 is 5.32 Å². The highest BCUT2D eigenvalue weighted by molar-refractivity contribution is 6.31. The predicted molar refractivity (Wildman–Crippen MR) is 98.2 cm³/mol. The monoisotopic (exact) mass is 357 g/mol. The van der Waals surface area contributed by atoms with Crippen LogP contribution in [-0.4, -0.2) is 25.5 Å². The van der Waals surface area contributed by atoms with Crippen molar-refractivity contribution < 1.29 is 4.79 Å². The first kappa shape index (κ1) is 17.2. The van der Waals surface area contributed by atoms with Gasteiger partial charge in [-0.05, 0) is 45.4 Å². The van der Waals surface area contributed by atoms with Gasteiger partial charge >= 0.3 is 0 Å². The predicted octanol–water partition coefficient (Wildman–Crippen LogP) is 3.72. The summed E-state index contributed by atoms with van der Waals surface area (Å²) >= 11 is 6.16. The molecule has 0 saturated carbocycles. The van der Waals surface area contributed by atoms with Gasteiger partial charge in [-0.1, -0.05) is 29.3 Å². The summed E-state index contributed by atoms with van der Waals surface area (Å²) in [5.41, 5.74) is 4.96. The molecule has 3 rings (SSSR count). The number of hydrogen-bond acceptors (Lipinski definition) is 3. The molecule has 0 unspecified atom stereocenters. The van der Waals surface area contributed by atoms with E-state index in [0.717, 1.165) is 28.2 Å². The third kappa shape index (κ3) is 3.58. The lowest BCUT2D eigenvalue weighted by atomic mass is 10.1. The van der Waals surface area contributed by atoms with E-state index in [9.17, 15) is 4.79 Å². The maximum absolute atomic E-state index is 12.4. The minimum Gasteiger partial charge on any atom is -0.320 e. The minimum atomic E-state index is -0.239. The number of amides is 1. The quantitative estimate of drug-likeness (QED) is 0.773. The number of benzene rings is 1. The molecule has 1 aromatic carbocycles. The summed E-state index contributed by atoms with van der Waals surface area (Å²) in [5, 5.41) is 12.2. The highest BCUT2D eigenvalue weighted by atomic mass is 35.5. The lowest BCUT2D eigenvalue weighted by molar-refractivity contribution is 0.102. The number of nitrogens with zero attached hydrogens (tertiary/aromatic N) is 4. The van der Waals surface area contributed by atoms with E-state index in [1.165, 1.54) is 0 Å². The summed E-state index contributed by atoms with van der Waals surface area (Å²) in [4.78, 5) is 12.4. The second kappa shape index (κ2) is 6.72. The van der Waals surface area contributed by atoms with Gasteiger partial charge < -0.3 is 5.32 Å². The average molecular weight is 358 g/mol. The highest BCUT2D eigenvalue weighted by Crippen LogP contribution is 2.19. The van der Waals surface area contributed by atoms with Crippen LogP contribution in [0.4, 0.5) is 5.69 Å². The van der Waals surface area contributed by atoms with Crippen molar-refractivity contribution in [2.45, 2.75) is 34.4 Å². The van der Waals surface area contributed by atoms with Crippen LogP contribution in [-0.2, 0) is 6.67 Å². The normalized spacial score (nSPS) is 10.9. The number of aromatic nitrogens is 4. The van der Waals surface area contributed by atoms with Gasteiger partial charge in [-0.15, -0.1) is 0 Å². The van der Waals surface area contributed by atoms with E-state index in [-0.39, 0.29) is 5.91 Å². The van der Waals surface area contributed by atoms with Crippen molar-refractivity contribution in [3.05, 3.63) is 63.7 Å². The summed E-state index contributed by atoms with van der Waals surface area (Å²) in [7, 11) is 0. The lowest BCUT2D eigenvalue weighted by Crippen LogP contribution is -2.16. The molecule has 3 aromatic rings. The fraction of sp³-hybridized carbons (Fsp3) is 0.278. The number of halogens is 1. The molecule has 2 aromatic heterocycles. The zero-order valence-electron chi connectivity index (χ0n) is 14.7. The van der Waals surface area contributed by atoms with Crippen LogP contribution in [0.25, 0.3) is 0 Å². The minimum absolute atomic E-state index is 0.239. The van der Waals surface area contributed by atoms with Gasteiger partial charge in [-0.2, -0.15) is 10.2 Å². The molecular formula is C18H20ClN5O. The van der Waals surface area contributed by atoms with Gasteiger partial charge in [0.1, 0.15) is 6.67 Å². The van der Waals surface area contributed by atoms with Crippen molar-refractivity contribution in [3.63, 3.8) is 0 Å². The molecule has 0 saturated heterocycles. The van der Waals surface area contributed by atoms with Gasteiger partial charge in [0.2, 0.25) is 0 Å². The SMILES string of the molecule is Cc1ccc(NC(=O)c2ccn(Cn3nc(C)c(Cl)c3C)n2)c(C)c1. The van der Waals surface area contributed by atoms with Crippen LogP contribution in [0.2, 0.25) is 5.02 Å². The first-order valence-electron chi connectivity index (χ1n) is 7.96. The van der Waals surface area contributed by atoms with E-state index in [4.69, 9.17) is 11.6 Å². The van der Waals surface area contributed by atoms with Gasteiger partial charge in [-0.25, -0.2) is 4.68 Å². The molecule has 6 nitrogen and oxygen atoms in total. The molecule has 0 aliphatic carbocycles. The Kier molecular flexibility index (Phi) is 4.63. The van der Waals surface area contributed by atoms with Gasteiger partial charge in [0.15, 0.2) is 5.69 Å². The molecule has 1 N–H and O–H groups in total. The van der Waals surface area contributed by atoms with Gasteiger partial charge in [-0.3, -0.25) is 9.48 Å². The standard InChI is InChI=1S/C18H20ClN5O/c1-11-5-6-15(12(2)9-11)20-18(25)16-7-8-23(22-16)10-24-14(4)17(19)13(3)21-24/h5-9H,10H2,1-4H3,(H,20,25). The Bertz CT molecular complexity index is 941. The molecule has 0 fully saturated rings. The summed E-state index contributed by atoms with van der Waals surface area (Å²) in [6, 6.07) is 7.58. The Labute approximate surface area is 151 Å². The van der Waals surface area contributed by atoms with E-state index < -0.39 is 0 Å². The van der Waals surface area contributed by atoms with E-state index in [1.807, 2.05) is 45.9 Å². The maximum Gasteiger partial charge on any atom is 0.276 e. The summed E-state index contributed by atoms with van der Waals surface area (Å²) in [6.07, 6.45) is 1.75. The molecule has 2 heterocycles. The number of hydrogen-bond donors (Lipinski definition) is 1. The molecule has 25 heavy (non-hydrogen) atoms. The second-order valence-electron chi connectivity index (χ2n) is 6.14. The largest absolute Gasteiger partial charge is 0.320 e. The lowest BCUT2D eigenvalue weighted by Gasteiger charge is -2.08. The molecule has 130 valence electrons. The molecule has 0 spiro atoms. The number of carbonyl (C=O) groups is 1. The first-order valence-corrected chi connectivity index (χ1v) is 8.34. The van der Waals surface area contributed by atoms with Crippen LogP contribution >= 0.6 is 11.6 Å². The highest BCUT2D eigenvalue weighted by Gasteiger charge is 2.13. The Morgan fingerprint density at radius 1 is 1.16 bits per heavy atom. The van der Waals surface area contributed by atoms with Crippen molar-refractivity contribution in [1.29, 1.82) is 0 Å². The maximum atomic E-state index is 12.4. The van der Waals surface area contributed by atoms with Crippen molar-refractivity contribution in [2.24, 2.45) is 0 Å². The number of aryl methyl sites for hydroxylation is 3. The molecule has 0 atom stereocenters. The van der Waals surface area contributed by atoms with Crippen molar-refractivity contribution in [1.82, 2.24) is 19.6 Å². The molecule has 0 aliphatic rings. The number of nitrogens with one attached hydrogen (secondary N) is 1. The van der Waals surface area contributed by atoms with E-state index in [0.29, 0.717) is 17.4 Å². The zero-order valence-corrected chi connectivity index (χ0v) is 15.4. The fourth-order valence-electron chi connectivity index (χ4n) is 2.65. The molecule has 0 aliphatic heterocycles. The van der Waals surface area contributed by atoms with Crippen LogP contribution in [0.15, 0.2) is 30.5 Å². The number of anilines is 1. The molecule has 1 amide bonds. The first-order chi connectivity index (χ1) is 11.8. The van der Waals surface area contributed by atoms with Crippen LogP contribution in [0, 0.1) is 27.7 Å². The zero-order chi connectivity index (χ0) is 18.1. The summed E-state index contributed by atoms with van der Waals surface area (Å²) in [6.45, 7) is 8.15. The third-order valence-corrected chi connectivity index (χ3v) is 4.62. The van der Waals surface area contributed by atoms with E-state index in [1.54, 1.807) is 21.6 Å². The molecule has 7 heteroatoms. The Morgan fingerprint density at radius 3 is 2.56 bits per heavy atom. The van der Waals surface area contributed by atoms with E-state index in [2.05, 4.69) is 15.5 Å². The fourth-order valence-corrected chi connectivity index (χ4v) is 2.79. The van der Waals surface area contributed by atoms with Crippen LogP contribution in [0.5, 0.6) is 0 Å². The van der Waals surface area contributed by atoms with E-state index >= 15 is 0 Å². The smallest absolute Gasteiger partial charge is 0.276 e. The van der Waals surface area contributed by atoms with Gasteiger partial charge in [0.25, 0.3) is 5.91 Å². The summed E-state index contributed by atoms with van der Waals surface area (Å²) in [5.74, 6) is -0.239. The van der Waals surface area contributed by atoms with Crippen molar-refractivity contribution >= 4 is 23.2 Å². The Hall–Kier alpha value is -2.60. The van der Waals surface area contributed by atoms with Crippen molar-refractivity contribution in [3.8, 4) is 0 Å². The second-order valence-corrected chi connectivity index (χ2v) is 6.52. The molecule has 0 bridgehead atoms. The Balaban J connectivity index is 1.74.